The van der Waals surface area contributed by atoms with E-state index in [1.165, 1.54) is 0 Å². The van der Waals surface area contributed by atoms with Crippen molar-refractivity contribution in [3.63, 3.8) is 0 Å². The van der Waals surface area contributed by atoms with Gasteiger partial charge in [0.15, 0.2) is 0 Å². The van der Waals surface area contributed by atoms with Gasteiger partial charge in [-0.1, -0.05) is 19.0 Å². The van der Waals surface area contributed by atoms with Gasteiger partial charge in [-0.3, -0.25) is 0 Å². The van der Waals surface area contributed by atoms with E-state index in [2.05, 4.69) is 22.4 Å². The number of aromatic nitrogens is 2. The van der Waals surface area contributed by atoms with Crippen molar-refractivity contribution in [2.75, 3.05) is 13.7 Å². The van der Waals surface area contributed by atoms with E-state index < -0.39 is 0 Å². The van der Waals surface area contributed by atoms with Gasteiger partial charge in [-0.15, -0.1) is 0 Å². The van der Waals surface area contributed by atoms with E-state index in [9.17, 15) is 0 Å². The SMILES string of the molecule is CCC(OC)c1noc(C2NCCC2C)n1. The van der Waals surface area contributed by atoms with Crippen LogP contribution in [0.5, 0.6) is 0 Å². The summed E-state index contributed by atoms with van der Waals surface area (Å²) in [5.74, 6) is 1.90. The third-order valence-corrected chi connectivity index (χ3v) is 3.20. The summed E-state index contributed by atoms with van der Waals surface area (Å²) >= 11 is 0. The molecule has 3 unspecified atom stereocenters. The molecule has 0 saturated carbocycles. The van der Waals surface area contributed by atoms with Crippen molar-refractivity contribution < 1.29 is 9.26 Å². The van der Waals surface area contributed by atoms with Gasteiger partial charge in [-0.05, 0) is 25.3 Å². The molecule has 1 saturated heterocycles. The normalized spacial score (nSPS) is 27.2. The number of hydrogen-bond acceptors (Lipinski definition) is 5. The zero-order valence-corrected chi connectivity index (χ0v) is 10.1. The van der Waals surface area contributed by atoms with Crippen LogP contribution >= 0.6 is 0 Å². The fourth-order valence-corrected chi connectivity index (χ4v) is 2.12. The second-order valence-corrected chi connectivity index (χ2v) is 4.32. The fourth-order valence-electron chi connectivity index (χ4n) is 2.12. The second kappa shape index (κ2) is 4.93. The summed E-state index contributed by atoms with van der Waals surface area (Å²) in [5.41, 5.74) is 0. The van der Waals surface area contributed by atoms with E-state index in [0.29, 0.717) is 17.6 Å². The van der Waals surface area contributed by atoms with E-state index in [0.717, 1.165) is 19.4 Å². The lowest BCUT2D eigenvalue weighted by molar-refractivity contribution is 0.0903. The van der Waals surface area contributed by atoms with Crippen LogP contribution in [-0.4, -0.2) is 23.8 Å². The lowest BCUT2D eigenvalue weighted by Gasteiger charge is -2.09. The molecule has 5 nitrogen and oxygen atoms in total. The van der Waals surface area contributed by atoms with E-state index in [-0.39, 0.29) is 12.1 Å². The molecule has 0 bridgehead atoms. The molecule has 1 aliphatic heterocycles. The number of nitrogens with zero attached hydrogens (tertiary/aromatic N) is 2. The van der Waals surface area contributed by atoms with Crippen molar-refractivity contribution in [2.45, 2.75) is 38.8 Å². The summed E-state index contributed by atoms with van der Waals surface area (Å²) < 4.78 is 10.6. The lowest BCUT2D eigenvalue weighted by Crippen LogP contribution is -2.17. The van der Waals surface area contributed by atoms with Crippen LogP contribution in [0.25, 0.3) is 0 Å². The number of ether oxygens (including phenoxy) is 1. The lowest BCUT2D eigenvalue weighted by atomic mass is 10.0. The zero-order chi connectivity index (χ0) is 11.5. The van der Waals surface area contributed by atoms with Gasteiger partial charge >= 0.3 is 0 Å². The third kappa shape index (κ3) is 2.10. The smallest absolute Gasteiger partial charge is 0.244 e. The average molecular weight is 225 g/mol. The monoisotopic (exact) mass is 225 g/mol. The molecule has 1 fully saturated rings. The van der Waals surface area contributed by atoms with Gasteiger partial charge in [0.05, 0.1) is 6.04 Å². The van der Waals surface area contributed by atoms with Crippen LogP contribution in [0.1, 0.15) is 50.6 Å². The first kappa shape index (κ1) is 11.5. The molecule has 0 radical (unpaired) electrons. The van der Waals surface area contributed by atoms with Crippen LogP contribution in [-0.2, 0) is 4.74 Å². The summed E-state index contributed by atoms with van der Waals surface area (Å²) in [6, 6.07) is 0.204. The highest BCUT2D eigenvalue weighted by molar-refractivity contribution is 4.99. The maximum Gasteiger partial charge on any atom is 0.244 e. The summed E-state index contributed by atoms with van der Waals surface area (Å²) in [7, 11) is 1.67. The highest BCUT2D eigenvalue weighted by Crippen LogP contribution is 2.28. The Kier molecular flexibility index (Phi) is 3.56. The molecule has 2 rings (SSSR count). The van der Waals surface area contributed by atoms with Crippen LogP contribution in [0.3, 0.4) is 0 Å². The summed E-state index contributed by atoms with van der Waals surface area (Å²) in [6.07, 6.45) is 1.95. The van der Waals surface area contributed by atoms with Crippen LogP contribution in [0.4, 0.5) is 0 Å². The van der Waals surface area contributed by atoms with Gasteiger partial charge in [0.25, 0.3) is 0 Å². The number of methoxy groups -OCH3 is 1. The minimum atomic E-state index is -0.0609. The maximum absolute atomic E-state index is 5.30. The molecule has 0 aromatic carbocycles. The maximum atomic E-state index is 5.30. The highest BCUT2D eigenvalue weighted by Gasteiger charge is 2.30. The van der Waals surface area contributed by atoms with Crippen LogP contribution in [0.2, 0.25) is 0 Å². The van der Waals surface area contributed by atoms with E-state index in [4.69, 9.17) is 9.26 Å². The van der Waals surface area contributed by atoms with Crippen molar-refractivity contribution in [3.05, 3.63) is 11.7 Å². The van der Waals surface area contributed by atoms with Crippen molar-refractivity contribution in [1.29, 1.82) is 0 Å². The standard InChI is InChI=1S/C11H19N3O2/c1-4-8(15-3)10-13-11(16-14-10)9-7(2)5-6-12-9/h7-9,12H,4-6H2,1-3H3. The first-order chi connectivity index (χ1) is 7.76. The van der Waals surface area contributed by atoms with Gasteiger partial charge in [-0.25, -0.2) is 0 Å². The Bertz CT molecular complexity index is 336. The molecule has 5 heteroatoms. The average Bonchev–Trinajstić information content (AvgIpc) is 2.89. The first-order valence-electron chi connectivity index (χ1n) is 5.86. The topological polar surface area (TPSA) is 60.2 Å². The highest BCUT2D eigenvalue weighted by atomic mass is 16.5. The minimum absolute atomic E-state index is 0.0609. The van der Waals surface area contributed by atoms with E-state index in [1.807, 2.05) is 6.92 Å². The number of nitrogens with one attached hydrogen (secondary N) is 1. The van der Waals surface area contributed by atoms with Crippen LogP contribution in [0, 0.1) is 5.92 Å². The molecule has 2 heterocycles. The molecule has 1 aromatic heterocycles. The number of hydrogen-bond donors (Lipinski definition) is 1. The molecular weight excluding hydrogens is 206 g/mol. The van der Waals surface area contributed by atoms with Gasteiger partial charge in [0.1, 0.15) is 6.10 Å². The van der Waals surface area contributed by atoms with Crippen molar-refractivity contribution in [3.8, 4) is 0 Å². The second-order valence-electron chi connectivity index (χ2n) is 4.32. The zero-order valence-electron chi connectivity index (χ0n) is 10.1. The Labute approximate surface area is 95.6 Å². The minimum Gasteiger partial charge on any atom is -0.373 e. The molecule has 1 N–H and O–H groups in total. The molecule has 0 spiro atoms. The largest absolute Gasteiger partial charge is 0.373 e. The van der Waals surface area contributed by atoms with Crippen LogP contribution in [0.15, 0.2) is 4.52 Å². The Morgan fingerprint density at radius 2 is 2.44 bits per heavy atom. The van der Waals surface area contributed by atoms with Crippen molar-refractivity contribution in [2.24, 2.45) is 5.92 Å². The Morgan fingerprint density at radius 3 is 3.00 bits per heavy atom. The van der Waals surface area contributed by atoms with Gasteiger partial charge < -0.3 is 14.6 Å². The number of rotatable bonds is 4. The van der Waals surface area contributed by atoms with E-state index in [1.54, 1.807) is 7.11 Å². The molecule has 16 heavy (non-hydrogen) atoms. The molecule has 1 aromatic rings. The Balaban J connectivity index is 2.12. The van der Waals surface area contributed by atoms with Crippen molar-refractivity contribution >= 4 is 0 Å². The van der Waals surface area contributed by atoms with Gasteiger partial charge in [0.2, 0.25) is 11.7 Å². The third-order valence-electron chi connectivity index (χ3n) is 3.20. The molecular formula is C11H19N3O2. The molecule has 0 aliphatic carbocycles. The summed E-state index contributed by atoms with van der Waals surface area (Å²) in [5, 5.41) is 7.36. The Morgan fingerprint density at radius 1 is 1.62 bits per heavy atom. The van der Waals surface area contributed by atoms with Crippen molar-refractivity contribution in [1.82, 2.24) is 15.5 Å². The quantitative estimate of drug-likeness (QED) is 0.847. The molecule has 90 valence electrons. The van der Waals surface area contributed by atoms with Gasteiger partial charge in [0, 0.05) is 7.11 Å². The Hall–Kier alpha value is -0.940. The predicted octanol–water partition coefficient (Wildman–Crippen LogP) is 1.84. The van der Waals surface area contributed by atoms with Crippen LogP contribution < -0.4 is 5.32 Å². The summed E-state index contributed by atoms with van der Waals surface area (Å²) in [6.45, 7) is 5.26. The van der Waals surface area contributed by atoms with E-state index >= 15 is 0 Å². The summed E-state index contributed by atoms with van der Waals surface area (Å²) in [4.78, 5) is 4.42. The molecule has 3 atom stereocenters. The molecule has 1 aliphatic rings. The van der Waals surface area contributed by atoms with Gasteiger partial charge in [-0.2, -0.15) is 4.98 Å². The predicted molar refractivity (Wildman–Crippen MR) is 58.9 cm³/mol. The first-order valence-corrected chi connectivity index (χ1v) is 5.86. The fraction of sp³-hybridized carbons (Fsp3) is 0.818. The molecule has 0 amide bonds.